The van der Waals surface area contributed by atoms with E-state index in [1.54, 1.807) is 4.90 Å². The molecule has 0 aromatic heterocycles. The van der Waals surface area contributed by atoms with Gasteiger partial charge in [-0.05, 0) is 25.8 Å². The summed E-state index contributed by atoms with van der Waals surface area (Å²) in [5, 5.41) is 12.6. The van der Waals surface area contributed by atoms with Crippen LogP contribution in [0.25, 0.3) is 0 Å². The zero-order valence-electron chi connectivity index (χ0n) is 11.4. The number of carbonyl (C=O) groups excluding carboxylic acids is 1. The molecule has 1 aliphatic heterocycles. The van der Waals surface area contributed by atoms with Crippen molar-refractivity contribution in [2.24, 2.45) is 0 Å². The maximum absolute atomic E-state index is 12.1. The second-order valence-corrected chi connectivity index (χ2v) is 4.84. The first-order valence-electron chi connectivity index (χ1n) is 6.83. The lowest BCUT2D eigenvalue weighted by Crippen LogP contribution is -2.53. The van der Waals surface area contributed by atoms with Gasteiger partial charge in [0.2, 0.25) is 5.91 Å². The van der Waals surface area contributed by atoms with Crippen molar-refractivity contribution in [3.63, 3.8) is 0 Å². The number of likely N-dealkylation sites (tertiary alicyclic amines) is 1. The molecule has 0 spiro atoms. The van der Waals surface area contributed by atoms with E-state index in [1.165, 1.54) is 0 Å². The maximum atomic E-state index is 12.1. The second kappa shape index (κ2) is 6.73. The fourth-order valence-electron chi connectivity index (χ4n) is 2.75. The molecule has 1 atom stereocenters. The largest absolute Gasteiger partial charge is 0.479 e. The molecule has 1 rings (SSSR count). The van der Waals surface area contributed by atoms with Gasteiger partial charge in [-0.25, -0.2) is 4.79 Å². The third-order valence-electron chi connectivity index (χ3n) is 3.62. The molecular weight excluding hydrogens is 232 g/mol. The molecule has 0 aromatic rings. The molecule has 1 aliphatic rings. The van der Waals surface area contributed by atoms with Gasteiger partial charge in [0.1, 0.15) is 5.54 Å². The first-order chi connectivity index (χ1) is 8.58. The van der Waals surface area contributed by atoms with Crippen molar-refractivity contribution in [2.75, 3.05) is 19.6 Å². The Labute approximate surface area is 109 Å². The van der Waals surface area contributed by atoms with Crippen LogP contribution in [0.3, 0.4) is 0 Å². The third kappa shape index (κ3) is 3.02. The van der Waals surface area contributed by atoms with Crippen LogP contribution in [-0.2, 0) is 9.59 Å². The zero-order valence-corrected chi connectivity index (χ0v) is 11.4. The minimum Gasteiger partial charge on any atom is -0.479 e. The van der Waals surface area contributed by atoms with Crippen molar-refractivity contribution in [1.29, 1.82) is 0 Å². The number of aliphatic carboxylic acids is 1. The first kappa shape index (κ1) is 15.0. The quantitative estimate of drug-likeness (QED) is 0.672. The van der Waals surface area contributed by atoms with E-state index in [2.05, 4.69) is 5.32 Å². The lowest BCUT2D eigenvalue weighted by molar-refractivity contribution is -0.157. The van der Waals surface area contributed by atoms with E-state index in [1.807, 2.05) is 13.8 Å². The van der Waals surface area contributed by atoms with Gasteiger partial charge in [0.15, 0.2) is 0 Å². The van der Waals surface area contributed by atoms with Crippen molar-refractivity contribution in [2.45, 2.75) is 51.5 Å². The van der Waals surface area contributed by atoms with Gasteiger partial charge in [-0.1, -0.05) is 20.3 Å². The summed E-state index contributed by atoms with van der Waals surface area (Å²) in [5.41, 5.74) is -0.946. The molecule has 1 fully saturated rings. The van der Waals surface area contributed by atoms with Gasteiger partial charge in [0, 0.05) is 19.5 Å². The molecule has 0 bridgehead atoms. The number of carboxylic acid groups (broad SMARTS) is 1. The van der Waals surface area contributed by atoms with E-state index >= 15 is 0 Å². The van der Waals surface area contributed by atoms with Crippen molar-refractivity contribution in [1.82, 2.24) is 10.2 Å². The summed E-state index contributed by atoms with van der Waals surface area (Å²) in [6, 6.07) is 0. The smallest absolute Gasteiger partial charge is 0.329 e. The van der Waals surface area contributed by atoms with Gasteiger partial charge in [0.25, 0.3) is 0 Å². The third-order valence-corrected chi connectivity index (χ3v) is 3.62. The van der Waals surface area contributed by atoms with E-state index in [0.29, 0.717) is 32.4 Å². The van der Waals surface area contributed by atoms with E-state index in [4.69, 9.17) is 0 Å². The highest BCUT2D eigenvalue weighted by Gasteiger charge is 2.48. The van der Waals surface area contributed by atoms with Crippen LogP contribution < -0.4 is 5.32 Å². The van der Waals surface area contributed by atoms with E-state index in [9.17, 15) is 14.7 Å². The Morgan fingerprint density at radius 2 is 2.11 bits per heavy atom. The number of carbonyl (C=O) groups is 2. The first-order valence-corrected chi connectivity index (χ1v) is 6.83. The standard InChI is InChI=1S/C13H24N2O3/c1-3-7-13(12(17)18)8-5-10-15(13)11(16)6-9-14-4-2/h14H,3-10H2,1-2H3,(H,17,18). The molecule has 5 nitrogen and oxygen atoms in total. The van der Waals surface area contributed by atoms with Gasteiger partial charge < -0.3 is 15.3 Å². The Balaban J connectivity index is 2.72. The number of nitrogens with zero attached hydrogens (tertiary/aromatic N) is 1. The molecule has 1 saturated heterocycles. The SMILES string of the molecule is CCCC1(C(=O)O)CCCN1C(=O)CCNCC. The molecule has 2 N–H and O–H groups in total. The van der Waals surface area contributed by atoms with Crippen LogP contribution in [-0.4, -0.2) is 47.1 Å². The van der Waals surface area contributed by atoms with E-state index in [-0.39, 0.29) is 5.91 Å². The average molecular weight is 256 g/mol. The summed E-state index contributed by atoms with van der Waals surface area (Å²) in [5.74, 6) is -0.886. The van der Waals surface area contributed by atoms with Crippen LogP contribution in [0.5, 0.6) is 0 Å². The molecule has 0 aromatic carbocycles. The second-order valence-electron chi connectivity index (χ2n) is 4.84. The molecule has 1 unspecified atom stereocenters. The fraction of sp³-hybridized carbons (Fsp3) is 0.846. The summed E-state index contributed by atoms with van der Waals surface area (Å²) in [4.78, 5) is 25.3. The molecule has 0 radical (unpaired) electrons. The predicted octanol–water partition coefficient (Wildman–Crippen LogP) is 1.23. The Bertz CT molecular complexity index is 307. The Kier molecular flexibility index (Phi) is 5.59. The number of carboxylic acids is 1. The molecule has 104 valence electrons. The van der Waals surface area contributed by atoms with Crippen LogP contribution in [0.2, 0.25) is 0 Å². The molecule has 0 aliphatic carbocycles. The minimum atomic E-state index is -0.946. The average Bonchev–Trinajstić information content (AvgIpc) is 2.75. The van der Waals surface area contributed by atoms with Gasteiger partial charge in [-0.15, -0.1) is 0 Å². The van der Waals surface area contributed by atoms with Crippen molar-refractivity contribution < 1.29 is 14.7 Å². The zero-order chi connectivity index (χ0) is 13.6. The van der Waals surface area contributed by atoms with Crippen molar-refractivity contribution in [3.05, 3.63) is 0 Å². The number of hydrogen-bond donors (Lipinski definition) is 2. The molecule has 18 heavy (non-hydrogen) atoms. The summed E-state index contributed by atoms with van der Waals surface area (Å²) < 4.78 is 0. The summed E-state index contributed by atoms with van der Waals surface area (Å²) in [6.07, 6.45) is 3.09. The summed E-state index contributed by atoms with van der Waals surface area (Å²) >= 11 is 0. The number of amides is 1. The number of hydrogen-bond acceptors (Lipinski definition) is 3. The Morgan fingerprint density at radius 3 is 2.67 bits per heavy atom. The fourth-order valence-corrected chi connectivity index (χ4v) is 2.75. The van der Waals surface area contributed by atoms with Crippen LogP contribution in [0.4, 0.5) is 0 Å². The topological polar surface area (TPSA) is 69.6 Å². The highest BCUT2D eigenvalue weighted by atomic mass is 16.4. The van der Waals surface area contributed by atoms with E-state index in [0.717, 1.165) is 19.4 Å². The molecule has 1 amide bonds. The predicted molar refractivity (Wildman–Crippen MR) is 69.4 cm³/mol. The Hall–Kier alpha value is -1.10. The van der Waals surface area contributed by atoms with Crippen LogP contribution in [0.1, 0.15) is 46.0 Å². The molecule has 0 saturated carbocycles. The van der Waals surface area contributed by atoms with Crippen LogP contribution in [0, 0.1) is 0 Å². The molecular formula is C13H24N2O3. The van der Waals surface area contributed by atoms with Crippen LogP contribution in [0.15, 0.2) is 0 Å². The molecule has 5 heteroatoms. The summed E-state index contributed by atoms with van der Waals surface area (Å²) in [6.45, 7) is 5.97. The van der Waals surface area contributed by atoms with E-state index < -0.39 is 11.5 Å². The highest BCUT2D eigenvalue weighted by molar-refractivity contribution is 5.87. The molecule has 1 heterocycles. The highest BCUT2D eigenvalue weighted by Crippen LogP contribution is 2.34. The number of nitrogens with one attached hydrogen (secondary N) is 1. The summed E-state index contributed by atoms with van der Waals surface area (Å²) in [7, 11) is 0. The lowest BCUT2D eigenvalue weighted by atomic mass is 9.90. The van der Waals surface area contributed by atoms with Gasteiger partial charge >= 0.3 is 5.97 Å². The monoisotopic (exact) mass is 256 g/mol. The van der Waals surface area contributed by atoms with Crippen molar-refractivity contribution in [3.8, 4) is 0 Å². The van der Waals surface area contributed by atoms with Crippen LogP contribution >= 0.6 is 0 Å². The normalized spacial score (nSPS) is 23.3. The van der Waals surface area contributed by atoms with Crippen molar-refractivity contribution >= 4 is 11.9 Å². The lowest BCUT2D eigenvalue weighted by Gasteiger charge is -2.34. The minimum absolute atomic E-state index is 0.0377. The van der Waals surface area contributed by atoms with Gasteiger partial charge in [-0.2, -0.15) is 0 Å². The van der Waals surface area contributed by atoms with Gasteiger partial charge in [-0.3, -0.25) is 4.79 Å². The maximum Gasteiger partial charge on any atom is 0.329 e. The number of rotatable bonds is 7. The Morgan fingerprint density at radius 1 is 1.39 bits per heavy atom. The van der Waals surface area contributed by atoms with Gasteiger partial charge in [0.05, 0.1) is 0 Å².